The Labute approximate surface area is 125 Å². The predicted molar refractivity (Wildman–Crippen MR) is 81.0 cm³/mol. The Morgan fingerprint density at radius 1 is 1.42 bits per heavy atom. The van der Waals surface area contributed by atoms with Gasteiger partial charge in [0.2, 0.25) is 0 Å². The van der Waals surface area contributed by atoms with Crippen LogP contribution in [0.25, 0.3) is 0 Å². The van der Waals surface area contributed by atoms with Crippen LogP contribution >= 0.6 is 23.2 Å². The summed E-state index contributed by atoms with van der Waals surface area (Å²) in [7, 11) is 0. The van der Waals surface area contributed by atoms with E-state index in [1.807, 2.05) is 18.2 Å². The van der Waals surface area contributed by atoms with Crippen molar-refractivity contribution < 1.29 is 4.74 Å². The van der Waals surface area contributed by atoms with E-state index in [-0.39, 0.29) is 12.1 Å². The highest BCUT2D eigenvalue weighted by atomic mass is 35.5. The Bertz CT molecular complexity index is 425. The molecular weight excluding hydrogens is 281 g/mol. The normalized spacial score (nSPS) is 24.6. The molecule has 1 N–H and O–H groups in total. The highest BCUT2D eigenvalue weighted by Gasteiger charge is 2.33. The number of hydrogen-bond acceptors (Lipinski definition) is 2. The zero-order chi connectivity index (χ0) is 13.8. The number of hydrogen-bond donors (Lipinski definition) is 1. The molecule has 0 spiro atoms. The highest BCUT2D eigenvalue weighted by Crippen LogP contribution is 2.35. The minimum atomic E-state index is 0.114. The summed E-state index contributed by atoms with van der Waals surface area (Å²) >= 11 is 12.5. The van der Waals surface area contributed by atoms with E-state index < -0.39 is 0 Å². The van der Waals surface area contributed by atoms with Gasteiger partial charge < -0.3 is 10.1 Å². The molecule has 19 heavy (non-hydrogen) atoms. The van der Waals surface area contributed by atoms with Gasteiger partial charge in [0, 0.05) is 16.7 Å². The second kappa shape index (κ2) is 6.94. The zero-order valence-electron chi connectivity index (χ0n) is 11.5. The van der Waals surface area contributed by atoms with Gasteiger partial charge in [-0.05, 0) is 49.1 Å². The van der Waals surface area contributed by atoms with Crippen molar-refractivity contribution in [3.8, 4) is 0 Å². The quantitative estimate of drug-likeness (QED) is 0.867. The molecule has 3 atom stereocenters. The molecule has 1 aliphatic heterocycles. The number of rotatable bonds is 5. The maximum atomic E-state index is 6.34. The molecule has 1 aromatic rings. The summed E-state index contributed by atoms with van der Waals surface area (Å²) in [6.45, 7) is 6.16. The summed E-state index contributed by atoms with van der Waals surface area (Å²) in [4.78, 5) is 0. The summed E-state index contributed by atoms with van der Waals surface area (Å²) in [6.07, 6.45) is 2.35. The third-order valence-corrected chi connectivity index (χ3v) is 4.26. The van der Waals surface area contributed by atoms with Crippen LogP contribution in [0.2, 0.25) is 10.0 Å². The van der Waals surface area contributed by atoms with Gasteiger partial charge >= 0.3 is 0 Å². The van der Waals surface area contributed by atoms with Crippen molar-refractivity contribution in [3.63, 3.8) is 0 Å². The van der Waals surface area contributed by atoms with Crippen molar-refractivity contribution in [2.24, 2.45) is 5.92 Å². The fraction of sp³-hybridized carbons (Fsp3) is 0.600. The fourth-order valence-corrected chi connectivity index (χ4v) is 3.01. The lowest BCUT2D eigenvalue weighted by molar-refractivity contribution is 0.0607. The van der Waals surface area contributed by atoms with Gasteiger partial charge in [0.1, 0.15) is 0 Å². The van der Waals surface area contributed by atoms with Gasteiger partial charge in [-0.15, -0.1) is 0 Å². The largest absolute Gasteiger partial charge is 0.376 e. The number of nitrogens with one attached hydrogen (secondary N) is 1. The van der Waals surface area contributed by atoms with Crippen LogP contribution in [0.3, 0.4) is 0 Å². The van der Waals surface area contributed by atoms with Crippen molar-refractivity contribution in [2.45, 2.75) is 38.8 Å². The Hall–Kier alpha value is -0.280. The molecule has 0 aliphatic carbocycles. The van der Waals surface area contributed by atoms with Crippen LogP contribution in [0.4, 0.5) is 0 Å². The summed E-state index contributed by atoms with van der Waals surface area (Å²) in [6, 6.07) is 5.75. The molecule has 1 aliphatic rings. The van der Waals surface area contributed by atoms with E-state index >= 15 is 0 Å². The van der Waals surface area contributed by atoms with E-state index in [0.717, 1.165) is 36.6 Å². The van der Waals surface area contributed by atoms with Gasteiger partial charge in [-0.2, -0.15) is 0 Å². The van der Waals surface area contributed by atoms with E-state index in [9.17, 15) is 0 Å². The second-order valence-corrected chi connectivity index (χ2v) is 6.04. The molecular formula is C15H21Cl2NO. The SMILES string of the molecule is CCCNC(c1cc(Cl)ccc1Cl)C1OCCC1C. The molecule has 1 saturated heterocycles. The smallest absolute Gasteiger partial charge is 0.0796 e. The van der Waals surface area contributed by atoms with Crippen molar-refractivity contribution >= 4 is 23.2 Å². The third-order valence-electron chi connectivity index (χ3n) is 3.68. The molecule has 2 nitrogen and oxygen atoms in total. The second-order valence-electron chi connectivity index (χ2n) is 5.20. The van der Waals surface area contributed by atoms with Crippen molar-refractivity contribution in [3.05, 3.63) is 33.8 Å². The molecule has 1 aromatic carbocycles. The molecule has 0 aromatic heterocycles. The van der Waals surface area contributed by atoms with Crippen molar-refractivity contribution in [1.29, 1.82) is 0 Å². The number of benzene rings is 1. The molecule has 0 radical (unpaired) electrons. The molecule has 1 heterocycles. The van der Waals surface area contributed by atoms with Crippen molar-refractivity contribution in [2.75, 3.05) is 13.2 Å². The van der Waals surface area contributed by atoms with Crippen LogP contribution in [0.15, 0.2) is 18.2 Å². The minimum Gasteiger partial charge on any atom is -0.376 e. The van der Waals surface area contributed by atoms with E-state index in [1.54, 1.807) is 0 Å². The molecule has 0 saturated carbocycles. The van der Waals surface area contributed by atoms with Crippen molar-refractivity contribution in [1.82, 2.24) is 5.32 Å². The van der Waals surface area contributed by atoms with Gasteiger partial charge in [-0.25, -0.2) is 0 Å². The van der Waals surface area contributed by atoms with Crippen LogP contribution in [0.1, 0.15) is 38.3 Å². The van der Waals surface area contributed by atoms with Gasteiger partial charge in [0.25, 0.3) is 0 Å². The number of halogens is 2. The minimum absolute atomic E-state index is 0.114. The van der Waals surface area contributed by atoms with E-state index in [1.165, 1.54) is 0 Å². The van der Waals surface area contributed by atoms with Crippen LogP contribution in [-0.2, 0) is 4.74 Å². The van der Waals surface area contributed by atoms with Crippen LogP contribution in [-0.4, -0.2) is 19.3 Å². The average Bonchev–Trinajstić information content (AvgIpc) is 2.80. The Morgan fingerprint density at radius 2 is 2.21 bits per heavy atom. The fourth-order valence-electron chi connectivity index (χ4n) is 2.60. The highest BCUT2D eigenvalue weighted by molar-refractivity contribution is 6.33. The zero-order valence-corrected chi connectivity index (χ0v) is 13.0. The first-order valence-electron chi connectivity index (χ1n) is 6.93. The molecule has 1 fully saturated rings. The van der Waals surface area contributed by atoms with E-state index in [0.29, 0.717) is 10.9 Å². The van der Waals surface area contributed by atoms with Gasteiger partial charge in [-0.3, -0.25) is 0 Å². The van der Waals surface area contributed by atoms with Crippen LogP contribution in [0.5, 0.6) is 0 Å². The molecule has 106 valence electrons. The summed E-state index contributed by atoms with van der Waals surface area (Å²) < 4.78 is 5.91. The monoisotopic (exact) mass is 301 g/mol. The maximum Gasteiger partial charge on any atom is 0.0796 e. The molecule has 3 unspecified atom stereocenters. The summed E-state index contributed by atoms with van der Waals surface area (Å²) in [5.41, 5.74) is 1.04. The average molecular weight is 302 g/mol. The topological polar surface area (TPSA) is 21.3 Å². The molecule has 4 heteroatoms. The van der Waals surface area contributed by atoms with Gasteiger partial charge in [0.05, 0.1) is 12.1 Å². The lowest BCUT2D eigenvalue weighted by Gasteiger charge is -2.28. The predicted octanol–water partition coefficient (Wildman–Crippen LogP) is 4.46. The molecule has 0 bridgehead atoms. The van der Waals surface area contributed by atoms with Crippen LogP contribution in [0, 0.1) is 5.92 Å². The van der Waals surface area contributed by atoms with Gasteiger partial charge in [-0.1, -0.05) is 37.0 Å². The summed E-state index contributed by atoms with van der Waals surface area (Å²) in [5.74, 6) is 0.532. The molecule has 0 amide bonds. The van der Waals surface area contributed by atoms with Gasteiger partial charge in [0.15, 0.2) is 0 Å². The number of ether oxygens (including phenoxy) is 1. The third kappa shape index (κ3) is 3.63. The first-order valence-corrected chi connectivity index (χ1v) is 7.69. The Morgan fingerprint density at radius 3 is 2.84 bits per heavy atom. The maximum absolute atomic E-state index is 6.34. The first-order chi connectivity index (χ1) is 9.13. The lowest BCUT2D eigenvalue weighted by Crippen LogP contribution is -2.35. The Kier molecular flexibility index (Phi) is 5.52. The first kappa shape index (κ1) is 15.1. The molecule has 2 rings (SSSR count). The van der Waals surface area contributed by atoms with Crippen LogP contribution < -0.4 is 5.32 Å². The van der Waals surface area contributed by atoms with E-state index in [2.05, 4.69) is 19.2 Å². The van der Waals surface area contributed by atoms with E-state index in [4.69, 9.17) is 27.9 Å². The summed E-state index contributed by atoms with van der Waals surface area (Å²) in [5, 5.41) is 5.02. The Balaban J connectivity index is 2.28. The lowest BCUT2D eigenvalue weighted by atomic mass is 9.92. The standard InChI is InChI=1S/C15H21Cl2NO/c1-3-7-18-14(15-10(2)6-8-19-15)12-9-11(16)4-5-13(12)17/h4-5,9-10,14-15,18H,3,6-8H2,1-2H3.